The van der Waals surface area contributed by atoms with Gasteiger partial charge in [-0.05, 0) is 0 Å². The monoisotopic (exact) mass is 297 g/mol. The van der Waals surface area contributed by atoms with Gasteiger partial charge in [0.25, 0.3) is 0 Å². The summed E-state index contributed by atoms with van der Waals surface area (Å²) >= 11 is 0. The van der Waals surface area contributed by atoms with Crippen molar-refractivity contribution >= 4 is 25.2 Å². The smallest absolute Gasteiger partial charge is 0.351 e. The molecule has 0 aliphatic rings. The summed E-state index contributed by atoms with van der Waals surface area (Å²) in [6.07, 6.45) is 10.2. The highest BCUT2D eigenvalue weighted by Crippen LogP contribution is 1.98. The summed E-state index contributed by atoms with van der Waals surface area (Å²) in [4.78, 5) is 27.1. The molecule has 0 aliphatic carbocycles. The fourth-order valence-corrected chi connectivity index (χ4v) is 0.430. The molecule has 0 saturated heterocycles. The van der Waals surface area contributed by atoms with Gasteiger partial charge in [0.1, 0.15) is 0 Å². The van der Waals surface area contributed by atoms with Crippen LogP contribution >= 0.6 is 25.2 Å². The Labute approximate surface area is 97.3 Å². The lowest BCUT2D eigenvalue weighted by Gasteiger charge is -1.46. The Balaban J connectivity index is 0. The lowest BCUT2D eigenvalue weighted by atomic mass is 11.0. The molecule has 0 aromatic carbocycles. The maximum atomic E-state index is 8.70. The number of rotatable bonds is 0. The Bertz CT molecular complexity index is 237. The molecule has 2 rings (SSSR count). The molecule has 0 unspecified atom stereocenters. The maximum absolute atomic E-state index is 8.70. The predicted molar refractivity (Wildman–Crippen MR) is 59.5 cm³/mol. The zero-order valence-electron chi connectivity index (χ0n) is 7.52. The Morgan fingerprint density at radius 2 is 1.33 bits per heavy atom. The minimum atomic E-state index is -2.87. The summed E-state index contributed by atoms with van der Waals surface area (Å²) in [6.45, 7) is 0. The first-order valence-corrected chi connectivity index (χ1v) is 4.60. The lowest BCUT2D eigenvalue weighted by molar-refractivity contribution is 0.405. The highest BCUT2D eigenvalue weighted by Gasteiger charge is 1.93. The summed E-state index contributed by atoms with van der Waals surface area (Å²) in [5.41, 5.74) is 0. The van der Waals surface area contributed by atoms with Crippen LogP contribution in [0.15, 0.2) is 37.4 Å². The van der Waals surface area contributed by atoms with Crippen molar-refractivity contribution < 1.29 is 14.4 Å². The Morgan fingerprint density at radius 1 is 1.00 bits per heavy atom. The van der Waals surface area contributed by atoms with Crippen LogP contribution in [0.5, 0.6) is 0 Å². The summed E-state index contributed by atoms with van der Waals surface area (Å²) < 4.78 is 8.70. The second kappa shape index (κ2) is 12.9. The van der Waals surface area contributed by atoms with Gasteiger partial charge in [0, 0.05) is 29.4 Å². The van der Waals surface area contributed by atoms with Gasteiger partial charge in [-0.1, -0.05) is 0 Å². The van der Waals surface area contributed by atoms with E-state index < -0.39 is 8.25 Å². The predicted octanol–water partition coefficient (Wildman–Crippen LogP) is 1.03. The number of aromatic amines is 2. The van der Waals surface area contributed by atoms with Crippen molar-refractivity contribution in [2.45, 2.75) is 0 Å². The molecular weight excluding hydrogens is 287 g/mol. The van der Waals surface area contributed by atoms with Crippen LogP contribution in [0.3, 0.4) is 0 Å². The number of hydrogen-bond acceptors (Lipinski definition) is 3. The average Bonchev–Trinajstić information content (AvgIpc) is 2.83. The van der Waals surface area contributed by atoms with Crippen LogP contribution in [0.2, 0.25) is 0 Å². The standard InChI is InChI=1S/2C3H4N2.BrH.HO3P/c2*1-2-5-3-4-1;;1-4(2)3/h2*1-3H,(H,4,5);1H;(H-,1,2,3)/p+1. The molecule has 2 aromatic heterocycles. The van der Waals surface area contributed by atoms with E-state index in [1.807, 2.05) is 0 Å². The number of H-pyrrole nitrogens is 2. The number of halogens is 1. The van der Waals surface area contributed by atoms with E-state index in [0.717, 1.165) is 0 Å². The van der Waals surface area contributed by atoms with Gasteiger partial charge in [-0.2, -0.15) is 0 Å². The second-order valence-corrected chi connectivity index (χ2v) is 2.28. The van der Waals surface area contributed by atoms with E-state index in [0.29, 0.717) is 0 Å². The van der Waals surface area contributed by atoms with Gasteiger partial charge in [-0.25, -0.2) is 9.97 Å². The summed E-state index contributed by atoms with van der Waals surface area (Å²) in [5.74, 6) is 0. The average molecular weight is 298 g/mol. The molecule has 0 aliphatic heterocycles. The van der Waals surface area contributed by atoms with Crippen molar-refractivity contribution in [2.24, 2.45) is 0 Å². The lowest BCUT2D eigenvalue weighted by Crippen LogP contribution is -1.44. The normalized spacial score (nSPS) is 7.07. The highest BCUT2D eigenvalue weighted by molar-refractivity contribution is 8.93. The van der Waals surface area contributed by atoms with E-state index in [-0.39, 0.29) is 17.0 Å². The molecule has 0 amide bonds. The topological polar surface area (TPSA) is 115 Å². The summed E-state index contributed by atoms with van der Waals surface area (Å²) in [7, 11) is -2.87. The molecule has 2 aromatic rings. The molecule has 0 bridgehead atoms. The SMILES string of the molecule is Br.O=[P+](O)O.c1c[nH]cn1.c1c[nH]cn1. The zero-order chi connectivity index (χ0) is 10.6. The van der Waals surface area contributed by atoms with E-state index in [9.17, 15) is 0 Å². The van der Waals surface area contributed by atoms with Gasteiger partial charge in [-0.15, -0.1) is 26.8 Å². The molecule has 9 heteroatoms. The third kappa shape index (κ3) is 19.4. The first-order chi connectivity index (χ1) is 6.73. The Kier molecular flexibility index (Phi) is 14.1. The molecule has 4 N–H and O–H groups in total. The van der Waals surface area contributed by atoms with Gasteiger partial charge < -0.3 is 9.97 Å². The van der Waals surface area contributed by atoms with E-state index in [4.69, 9.17) is 14.4 Å². The Hall–Kier alpha value is -1.08. The number of hydrogen-bond donors (Lipinski definition) is 4. The molecular formula is C6H11BrN4O3P+. The van der Waals surface area contributed by atoms with Crippen LogP contribution < -0.4 is 0 Å². The minimum absolute atomic E-state index is 0. The molecule has 0 spiro atoms. The quantitative estimate of drug-likeness (QED) is 0.542. The molecule has 0 saturated carbocycles. The largest absolute Gasteiger partial charge is 0.692 e. The van der Waals surface area contributed by atoms with Crippen LogP contribution in [0.4, 0.5) is 0 Å². The van der Waals surface area contributed by atoms with Crippen LogP contribution in [-0.2, 0) is 4.57 Å². The van der Waals surface area contributed by atoms with Crippen molar-refractivity contribution in [2.75, 3.05) is 0 Å². The third-order valence-electron chi connectivity index (χ3n) is 0.812. The zero-order valence-corrected chi connectivity index (χ0v) is 10.1. The van der Waals surface area contributed by atoms with Gasteiger partial charge in [0.15, 0.2) is 0 Å². The van der Waals surface area contributed by atoms with Gasteiger partial charge in [0.2, 0.25) is 0 Å². The van der Waals surface area contributed by atoms with Gasteiger partial charge in [-0.3, -0.25) is 0 Å². The van der Waals surface area contributed by atoms with Crippen molar-refractivity contribution in [3.8, 4) is 0 Å². The van der Waals surface area contributed by atoms with E-state index >= 15 is 0 Å². The van der Waals surface area contributed by atoms with Crippen LogP contribution in [0.25, 0.3) is 0 Å². The molecule has 0 radical (unpaired) electrons. The van der Waals surface area contributed by atoms with Crippen molar-refractivity contribution in [3.05, 3.63) is 37.4 Å². The van der Waals surface area contributed by atoms with Crippen molar-refractivity contribution in [3.63, 3.8) is 0 Å². The number of imidazole rings is 2. The van der Waals surface area contributed by atoms with Gasteiger partial charge >= 0.3 is 8.25 Å². The number of aromatic nitrogens is 4. The van der Waals surface area contributed by atoms with Crippen molar-refractivity contribution in [1.29, 1.82) is 0 Å². The van der Waals surface area contributed by atoms with Crippen LogP contribution in [-0.4, -0.2) is 29.7 Å². The second-order valence-electron chi connectivity index (χ2n) is 1.77. The van der Waals surface area contributed by atoms with E-state index in [1.54, 1.807) is 37.4 Å². The highest BCUT2D eigenvalue weighted by atomic mass is 79.9. The fraction of sp³-hybridized carbons (Fsp3) is 0. The van der Waals surface area contributed by atoms with E-state index in [2.05, 4.69) is 19.9 Å². The molecule has 7 nitrogen and oxygen atoms in total. The van der Waals surface area contributed by atoms with Crippen LogP contribution in [0, 0.1) is 0 Å². The van der Waals surface area contributed by atoms with Crippen LogP contribution in [0.1, 0.15) is 0 Å². The molecule has 15 heavy (non-hydrogen) atoms. The molecule has 0 atom stereocenters. The fourth-order valence-electron chi connectivity index (χ4n) is 0.430. The number of nitrogens with zero attached hydrogens (tertiary/aromatic N) is 2. The maximum Gasteiger partial charge on any atom is 0.692 e. The molecule has 2 heterocycles. The molecule has 84 valence electrons. The van der Waals surface area contributed by atoms with Gasteiger partial charge in [0.05, 0.1) is 12.7 Å². The first kappa shape index (κ1) is 16.4. The molecule has 0 fully saturated rings. The third-order valence-corrected chi connectivity index (χ3v) is 0.812. The number of nitrogens with one attached hydrogen (secondary N) is 2. The van der Waals surface area contributed by atoms with E-state index in [1.165, 1.54) is 0 Å². The van der Waals surface area contributed by atoms with Crippen molar-refractivity contribution in [1.82, 2.24) is 19.9 Å². The Morgan fingerprint density at radius 3 is 1.40 bits per heavy atom. The minimum Gasteiger partial charge on any atom is -0.351 e. The summed E-state index contributed by atoms with van der Waals surface area (Å²) in [5, 5.41) is 0. The first-order valence-electron chi connectivity index (χ1n) is 3.44. The summed E-state index contributed by atoms with van der Waals surface area (Å²) in [6, 6.07) is 0.